The molecule has 4 rings (SSSR count). The Hall–Kier alpha value is -3.09. The van der Waals surface area contributed by atoms with Crippen LogP contribution in [0.5, 0.6) is 0 Å². The number of nitrogens with zero attached hydrogens (tertiary/aromatic N) is 3. The minimum absolute atomic E-state index is 0.0806. The largest absolute Gasteiger partial charge is 0.447 e. The lowest BCUT2D eigenvalue weighted by atomic mass is 9.86. The van der Waals surface area contributed by atoms with Crippen LogP contribution in [0, 0.1) is 0 Å². The van der Waals surface area contributed by atoms with E-state index >= 15 is 0 Å². The Morgan fingerprint density at radius 3 is 2.33 bits per heavy atom. The van der Waals surface area contributed by atoms with Crippen molar-refractivity contribution in [3.63, 3.8) is 0 Å². The van der Waals surface area contributed by atoms with Crippen molar-refractivity contribution in [3.05, 3.63) is 41.8 Å². The van der Waals surface area contributed by atoms with Crippen LogP contribution in [0.15, 0.2) is 41.7 Å². The third-order valence-electron chi connectivity index (χ3n) is 6.25. The van der Waals surface area contributed by atoms with Gasteiger partial charge in [0.05, 0.1) is 20.9 Å². The smallest absolute Gasteiger partial charge is 0.407 e. The molecular formula is C27H36N6O4S2. The summed E-state index contributed by atoms with van der Waals surface area (Å²) in [5.74, 6) is 0.400. The van der Waals surface area contributed by atoms with E-state index in [0.717, 1.165) is 35.6 Å². The lowest BCUT2D eigenvalue weighted by molar-refractivity contribution is 0.109. The van der Waals surface area contributed by atoms with Gasteiger partial charge < -0.3 is 15.8 Å². The summed E-state index contributed by atoms with van der Waals surface area (Å²) in [4.78, 5) is 25.7. The van der Waals surface area contributed by atoms with Crippen molar-refractivity contribution in [2.45, 2.75) is 88.8 Å². The van der Waals surface area contributed by atoms with Crippen LogP contribution in [-0.4, -0.2) is 47.1 Å². The minimum atomic E-state index is -3.87. The van der Waals surface area contributed by atoms with Gasteiger partial charge in [0.2, 0.25) is 16.0 Å². The number of rotatable bonds is 7. The molecule has 0 spiro atoms. The third kappa shape index (κ3) is 7.52. The molecule has 10 nitrogen and oxygen atoms in total. The van der Waals surface area contributed by atoms with E-state index in [1.807, 2.05) is 19.9 Å². The molecule has 39 heavy (non-hydrogen) atoms. The van der Waals surface area contributed by atoms with Crippen LogP contribution in [0.3, 0.4) is 0 Å². The molecule has 0 radical (unpaired) electrons. The number of hydrogen-bond donors (Lipinski definition) is 3. The van der Waals surface area contributed by atoms with Crippen LogP contribution in [0.4, 0.5) is 10.7 Å². The lowest BCUT2D eigenvalue weighted by Crippen LogP contribution is -2.40. The lowest BCUT2D eigenvalue weighted by Gasteiger charge is -2.28. The van der Waals surface area contributed by atoms with Crippen molar-refractivity contribution in [1.82, 2.24) is 25.0 Å². The van der Waals surface area contributed by atoms with E-state index in [1.165, 1.54) is 11.3 Å². The summed E-state index contributed by atoms with van der Waals surface area (Å²) in [5, 5.41) is 3.92. The standard InChI is InChI=1S/C27H36N6O4S2/c1-16(2)37-26(34)32-20-9-6-17(7-10-20)24-29-15-22(38-24)21-11-8-18(19-13-30-25(28)31-14-19)12-23(21)39(35,36)33-27(3,4)5/h8,11-17,20,33H,6-7,9-10H2,1-5H3,(H,32,34)(H2,28,30,31)/t17-,20-. The van der Waals surface area contributed by atoms with Gasteiger partial charge in [-0.25, -0.2) is 32.9 Å². The highest BCUT2D eigenvalue weighted by Crippen LogP contribution is 2.40. The number of anilines is 1. The summed E-state index contributed by atoms with van der Waals surface area (Å²) in [6, 6.07) is 5.39. The van der Waals surface area contributed by atoms with E-state index in [-0.39, 0.29) is 35.0 Å². The number of hydrogen-bond acceptors (Lipinski definition) is 9. The number of amides is 1. The maximum Gasteiger partial charge on any atom is 0.407 e. The van der Waals surface area contributed by atoms with Gasteiger partial charge >= 0.3 is 6.09 Å². The Bertz CT molecular complexity index is 1410. The number of carbonyl (C=O) groups is 1. The topological polar surface area (TPSA) is 149 Å². The second kappa shape index (κ2) is 11.6. The molecule has 1 fully saturated rings. The number of ether oxygens (including phenoxy) is 1. The molecule has 2 heterocycles. The highest BCUT2D eigenvalue weighted by Gasteiger charge is 2.29. The van der Waals surface area contributed by atoms with Gasteiger partial charge in [0.15, 0.2) is 0 Å². The fraction of sp³-hybridized carbons (Fsp3) is 0.481. The molecule has 1 aromatic carbocycles. The number of thiazole rings is 1. The zero-order valence-electron chi connectivity index (χ0n) is 22.9. The fourth-order valence-corrected chi connectivity index (χ4v) is 7.43. The molecule has 0 unspecified atom stereocenters. The highest BCUT2D eigenvalue weighted by atomic mass is 32.2. The highest BCUT2D eigenvalue weighted by molar-refractivity contribution is 7.89. The maximum absolute atomic E-state index is 13.6. The number of sulfonamides is 1. The van der Waals surface area contributed by atoms with Crippen molar-refractivity contribution in [2.75, 3.05) is 5.73 Å². The Balaban J connectivity index is 1.59. The van der Waals surface area contributed by atoms with Gasteiger partial charge in [0.25, 0.3) is 0 Å². The first-order valence-corrected chi connectivity index (χ1v) is 15.3. The SMILES string of the molecule is CC(C)OC(=O)N[C@H]1CC[C@H](c2ncc(-c3ccc(-c4cnc(N)nc4)cc3S(=O)(=O)NC(C)(C)C)s2)CC1. The van der Waals surface area contributed by atoms with Crippen molar-refractivity contribution < 1.29 is 17.9 Å². The predicted octanol–water partition coefficient (Wildman–Crippen LogP) is 5.09. The molecule has 1 aliphatic rings. The fourth-order valence-electron chi connectivity index (χ4n) is 4.57. The second-order valence-electron chi connectivity index (χ2n) is 11.1. The number of carbonyl (C=O) groups excluding carboxylic acids is 1. The van der Waals surface area contributed by atoms with Crippen LogP contribution in [-0.2, 0) is 14.8 Å². The molecule has 1 saturated carbocycles. The first kappa shape index (κ1) is 28.9. The van der Waals surface area contributed by atoms with Gasteiger partial charge in [0, 0.05) is 47.2 Å². The van der Waals surface area contributed by atoms with Gasteiger partial charge in [-0.3, -0.25) is 0 Å². The first-order chi connectivity index (χ1) is 18.3. The number of benzene rings is 1. The molecule has 0 atom stereocenters. The molecule has 210 valence electrons. The summed E-state index contributed by atoms with van der Waals surface area (Å²) < 4.78 is 35.1. The number of aromatic nitrogens is 3. The zero-order valence-corrected chi connectivity index (χ0v) is 24.5. The van der Waals surface area contributed by atoms with E-state index in [2.05, 4.69) is 25.0 Å². The number of nitrogen functional groups attached to an aromatic ring is 1. The summed E-state index contributed by atoms with van der Waals surface area (Å²) in [6.07, 6.45) is 7.79. The Morgan fingerprint density at radius 1 is 1.05 bits per heavy atom. The van der Waals surface area contributed by atoms with Crippen molar-refractivity contribution in [1.29, 1.82) is 0 Å². The Morgan fingerprint density at radius 2 is 1.72 bits per heavy atom. The molecular weight excluding hydrogens is 536 g/mol. The van der Waals surface area contributed by atoms with E-state index < -0.39 is 15.6 Å². The van der Waals surface area contributed by atoms with E-state index in [1.54, 1.807) is 51.5 Å². The summed E-state index contributed by atoms with van der Waals surface area (Å²) in [5.41, 5.74) is 6.88. The number of nitrogens with one attached hydrogen (secondary N) is 2. The molecule has 3 aromatic rings. The zero-order chi connectivity index (χ0) is 28.4. The summed E-state index contributed by atoms with van der Waals surface area (Å²) >= 11 is 1.51. The number of nitrogens with two attached hydrogens (primary N) is 1. The van der Waals surface area contributed by atoms with E-state index in [9.17, 15) is 13.2 Å². The Kier molecular flexibility index (Phi) is 8.57. The summed E-state index contributed by atoms with van der Waals surface area (Å²) in [6.45, 7) is 9.07. The van der Waals surface area contributed by atoms with Gasteiger partial charge in [-0.1, -0.05) is 12.1 Å². The minimum Gasteiger partial charge on any atom is -0.447 e. The molecule has 1 amide bonds. The molecule has 12 heteroatoms. The molecule has 1 aliphatic carbocycles. The van der Waals surface area contributed by atoms with Crippen LogP contribution >= 0.6 is 11.3 Å². The van der Waals surface area contributed by atoms with Gasteiger partial charge in [0.1, 0.15) is 0 Å². The van der Waals surface area contributed by atoms with Crippen molar-refractivity contribution in [3.8, 4) is 21.6 Å². The van der Waals surface area contributed by atoms with Crippen LogP contribution in [0.1, 0.15) is 71.2 Å². The van der Waals surface area contributed by atoms with Crippen molar-refractivity contribution >= 4 is 33.4 Å². The van der Waals surface area contributed by atoms with Gasteiger partial charge in [-0.2, -0.15) is 0 Å². The predicted molar refractivity (Wildman–Crippen MR) is 153 cm³/mol. The first-order valence-electron chi connectivity index (χ1n) is 13.0. The quantitative estimate of drug-likeness (QED) is 0.355. The monoisotopic (exact) mass is 572 g/mol. The second-order valence-corrected chi connectivity index (χ2v) is 13.8. The summed E-state index contributed by atoms with van der Waals surface area (Å²) in [7, 11) is -3.87. The van der Waals surface area contributed by atoms with Crippen LogP contribution in [0.2, 0.25) is 0 Å². The average Bonchev–Trinajstić information content (AvgIpc) is 3.33. The third-order valence-corrected chi connectivity index (χ3v) is 9.24. The van der Waals surface area contributed by atoms with Gasteiger partial charge in [-0.15, -0.1) is 11.3 Å². The van der Waals surface area contributed by atoms with E-state index in [4.69, 9.17) is 10.5 Å². The van der Waals surface area contributed by atoms with Crippen LogP contribution < -0.4 is 15.8 Å². The van der Waals surface area contributed by atoms with Crippen LogP contribution in [0.25, 0.3) is 21.6 Å². The maximum atomic E-state index is 13.6. The molecule has 2 aromatic heterocycles. The van der Waals surface area contributed by atoms with E-state index in [0.29, 0.717) is 16.7 Å². The van der Waals surface area contributed by atoms with Crippen molar-refractivity contribution in [2.24, 2.45) is 0 Å². The molecule has 0 bridgehead atoms. The molecule has 4 N–H and O–H groups in total. The molecule has 0 saturated heterocycles. The normalized spacial score (nSPS) is 18.2. The van der Waals surface area contributed by atoms with Gasteiger partial charge in [-0.05, 0) is 71.9 Å². The molecule has 0 aliphatic heterocycles. The Labute approximate surface area is 233 Å². The average molecular weight is 573 g/mol. The number of alkyl carbamates (subject to hydrolysis) is 1.